The maximum Gasteiger partial charge on any atom is 0.434 e. The van der Waals surface area contributed by atoms with Crippen LogP contribution in [0.5, 0.6) is 5.75 Å². The van der Waals surface area contributed by atoms with E-state index in [4.69, 9.17) is 5.26 Å². The number of alkyl halides is 6. The smallest absolute Gasteiger partial charge is 0.434 e. The Bertz CT molecular complexity index is 490. The van der Waals surface area contributed by atoms with Crippen molar-refractivity contribution in [3.8, 4) is 11.8 Å². The van der Waals surface area contributed by atoms with Gasteiger partial charge in [-0.25, -0.2) is 0 Å². The molecule has 0 aliphatic carbocycles. The molecule has 0 fully saturated rings. The van der Waals surface area contributed by atoms with Crippen molar-refractivity contribution in [3.05, 3.63) is 28.2 Å². The molecule has 0 amide bonds. The summed E-state index contributed by atoms with van der Waals surface area (Å²) < 4.78 is 77.4. The summed E-state index contributed by atoms with van der Waals surface area (Å²) in [5.41, 5.74) is 0.0583. The van der Waals surface area contributed by atoms with Crippen LogP contribution >= 0.6 is 15.9 Å². The molecule has 0 aromatic heterocycles. The van der Waals surface area contributed by atoms with E-state index in [-0.39, 0.29) is 10.0 Å². The summed E-state index contributed by atoms with van der Waals surface area (Å²) in [6, 6.07) is 4.45. The predicted octanol–water partition coefficient (Wildman–Crippen LogP) is 4.19. The van der Waals surface area contributed by atoms with E-state index in [1.807, 2.05) is 0 Å². The summed E-state index contributed by atoms with van der Waals surface area (Å²) in [7, 11) is 0. The minimum absolute atomic E-state index is 0.0376. The van der Waals surface area contributed by atoms with E-state index in [2.05, 4.69) is 20.7 Å². The summed E-state index contributed by atoms with van der Waals surface area (Å²) in [5.74, 6) is -0.648. The molecule has 0 spiro atoms. The van der Waals surface area contributed by atoms with Gasteiger partial charge in [0.2, 0.25) is 0 Å². The van der Waals surface area contributed by atoms with E-state index in [0.717, 1.165) is 18.2 Å². The van der Waals surface area contributed by atoms with Crippen LogP contribution in [0, 0.1) is 11.3 Å². The van der Waals surface area contributed by atoms with E-state index in [0.29, 0.717) is 0 Å². The Hall–Kier alpha value is -1.43. The SMILES string of the molecule is N#Cc1ccc(OC(C(F)(F)F)C(F)(F)F)cc1Br. The lowest BCUT2D eigenvalue weighted by atomic mass is 10.2. The molecule has 0 aliphatic rings. The third-order valence-electron chi connectivity index (χ3n) is 1.91. The minimum Gasteiger partial charge on any atom is -0.471 e. The van der Waals surface area contributed by atoms with Crippen molar-refractivity contribution in [2.75, 3.05) is 0 Å². The average molecular weight is 348 g/mol. The van der Waals surface area contributed by atoms with E-state index < -0.39 is 24.2 Å². The van der Waals surface area contributed by atoms with E-state index in [1.165, 1.54) is 0 Å². The lowest BCUT2D eigenvalue weighted by molar-refractivity contribution is -0.299. The lowest BCUT2D eigenvalue weighted by Gasteiger charge is -2.23. The zero-order chi connectivity index (χ0) is 14.8. The van der Waals surface area contributed by atoms with Crippen molar-refractivity contribution in [2.24, 2.45) is 0 Å². The van der Waals surface area contributed by atoms with Crippen molar-refractivity contribution >= 4 is 15.9 Å². The van der Waals surface area contributed by atoms with Crippen LogP contribution < -0.4 is 4.74 Å². The molecule has 0 heterocycles. The summed E-state index contributed by atoms with van der Waals surface area (Å²) in [5, 5.41) is 8.57. The van der Waals surface area contributed by atoms with Crippen molar-refractivity contribution in [2.45, 2.75) is 18.5 Å². The van der Waals surface area contributed by atoms with Crippen molar-refractivity contribution in [1.29, 1.82) is 5.26 Å². The molecule has 104 valence electrons. The van der Waals surface area contributed by atoms with E-state index >= 15 is 0 Å². The standard InChI is InChI=1S/C10H4BrF6NO/c11-7-3-6(2-1-5(7)4-18)19-8(9(12,13)14)10(15,16)17/h1-3,8H. The zero-order valence-corrected chi connectivity index (χ0v) is 10.4. The Morgan fingerprint density at radius 2 is 1.63 bits per heavy atom. The fraction of sp³-hybridized carbons (Fsp3) is 0.300. The van der Waals surface area contributed by atoms with Crippen LogP contribution in [0.3, 0.4) is 0 Å². The number of hydrogen-bond acceptors (Lipinski definition) is 2. The Labute approximate surface area is 111 Å². The minimum atomic E-state index is -5.58. The van der Waals surface area contributed by atoms with Crippen LogP contribution in [-0.2, 0) is 0 Å². The van der Waals surface area contributed by atoms with Gasteiger partial charge in [-0.05, 0) is 34.1 Å². The molecule has 0 saturated heterocycles. The lowest BCUT2D eigenvalue weighted by Crippen LogP contribution is -2.46. The number of hydrogen-bond donors (Lipinski definition) is 0. The number of nitrogens with zero attached hydrogens (tertiary/aromatic N) is 1. The molecule has 0 radical (unpaired) electrons. The molecule has 0 aliphatic heterocycles. The van der Waals surface area contributed by atoms with Crippen LogP contribution in [0.1, 0.15) is 5.56 Å². The van der Waals surface area contributed by atoms with Crippen molar-refractivity contribution in [3.63, 3.8) is 0 Å². The normalized spacial score (nSPS) is 12.4. The first-order valence-corrected chi connectivity index (χ1v) is 5.34. The molecule has 0 saturated carbocycles. The second kappa shape index (κ2) is 5.28. The molecule has 19 heavy (non-hydrogen) atoms. The van der Waals surface area contributed by atoms with Gasteiger partial charge in [0.05, 0.1) is 5.56 Å². The van der Waals surface area contributed by atoms with E-state index in [9.17, 15) is 26.3 Å². The third kappa shape index (κ3) is 4.02. The van der Waals surface area contributed by atoms with Gasteiger partial charge in [-0.2, -0.15) is 31.6 Å². The van der Waals surface area contributed by atoms with Gasteiger partial charge in [0.1, 0.15) is 11.8 Å². The molecule has 0 bridgehead atoms. The maximum atomic E-state index is 12.2. The Morgan fingerprint density at radius 3 is 2.00 bits per heavy atom. The fourth-order valence-electron chi connectivity index (χ4n) is 1.12. The van der Waals surface area contributed by atoms with Crippen LogP contribution in [-0.4, -0.2) is 18.5 Å². The van der Waals surface area contributed by atoms with Gasteiger partial charge in [-0.3, -0.25) is 0 Å². The highest BCUT2D eigenvalue weighted by Crippen LogP contribution is 2.37. The fourth-order valence-corrected chi connectivity index (χ4v) is 1.56. The van der Waals surface area contributed by atoms with E-state index in [1.54, 1.807) is 6.07 Å². The largest absolute Gasteiger partial charge is 0.471 e. The Kier molecular flexibility index (Phi) is 4.35. The van der Waals surface area contributed by atoms with Crippen molar-refractivity contribution < 1.29 is 31.1 Å². The predicted molar refractivity (Wildman–Crippen MR) is 55.4 cm³/mol. The Morgan fingerprint density at radius 1 is 1.11 bits per heavy atom. The molecule has 9 heteroatoms. The summed E-state index contributed by atoms with van der Waals surface area (Å²) in [6.45, 7) is 0. The highest BCUT2D eigenvalue weighted by Gasteiger charge is 2.59. The average Bonchev–Trinajstić information content (AvgIpc) is 2.23. The van der Waals surface area contributed by atoms with Crippen LogP contribution in [0.2, 0.25) is 0 Å². The van der Waals surface area contributed by atoms with Gasteiger partial charge in [0.15, 0.2) is 0 Å². The second-order valence-electron chi connectivity index (χ2n) is 3.33. The first-order chi connectivity index (χ1) is 8.55. The van der Waals surface area contributed by atoms with Gasteiger partial charge in [0.25, 0.3) is 6.10 Å². The summed E-state index contributed by atoms with van der Waals surface area (Å²) in [6.07, 6.45) is -15.1. The number of ether oxygens (including phenoxy) is 1. The second-order valence-corrected chi connectivity index (χ2v) is 4.19. The summed E-state index contributed by atoms with van der Waals surface area (Å²) in [4.78, 5) is 0. The Balaban J connectivity index is 3.05. The number of halogens is 7. The van der Waals surface area contributed by atoms with Crippen molar-refractivity contribution in [1.82, 2.24) is 0 Å². The zero-order valence-electron chi connectivity index (χ0n) is 8.81. The van der Waals surface area contributed by atoms with Crippen LogP contribution in [0.15, 0.2) is 22.7 Å². The number of nitriles is 1. The molecule has 0 N–H and O–H groups in total. The topological polar surface area (TPSA) is 33.0 Å². The quantitative estimate of drug-likeness (QED) is 0.751. The first-order valence-electron chi connectivity index (χ1n) is 4.55. The molecule has 1 aromatic carbocycles. The van der Waals surface area contributed by atoms with Gasteiger partial charge in [0, 0.05) is 4.47 Å². The van der Waals surface area contributed by atoms with Gasteiger partial charge in [-0.1, -0.05) is 0 Å². The van der Waals surface area contributed by atoms with Gasteiger partial charge >= 0.3 is 12.4 Å². The van der Waals surface area contributed by atoms with Crippen LogP contribution in [0.25, 0.3) is 0 Å². The molecular formula is C10H4BrF6NO. The molecule has 1 aromatic rings. The molecule has 0 unspecified atom stereocenters. The summed E-state index contributed by atoms with van der Waals surface area (Å²) >= 11 is 2.83. The first kappa shape index (κ1) is 15.6. The molecule has 1 rings (SSSR count). The molecular weight excluding hydrogens is 344 g/mol. The number of benzene rings is 1. The third-order valence-corrected chi connectivity index (χ3v) is 2.57. The van der Waals surface area contributed by atoms with Crippen LogP contribution in [0.4, 0.5) is 26.3 Å². The monoisotopic (exact) mass is 347 g/mol. The highest BCUT2D eigenvalue weighted by atomic mass is 79.9. The molecule has 2 nitrogen and oxygen atoms in total. The molecule has 0 atom stereocenters. The maximum absolute atomic E-state index is 12.2. The highest BCUT2D eigenvalue weighted by molar-refractivity contribution is 9.10. The van der Waals surface area contributed by atoms with Gasteiger partial charge in [-0.15, -0.1) is 0 Å². The number of rotatable bonds is 2. The van der Waals surface area contributed by atoms with Gasteiger partial charge < -0.3 is 4.74 Å².